The highest BCUT2D eigenvalue weighted by molar-refractivity contribution is 9.10. The maximum atomic E-state index is 11.8. The van der Waals surface area contributed by atoms with E-state index < -0.39 is 23.8 Å². The van der Waals surface area contributed by atoms with Crippen molar-refractivity contribution in [1.29, 1.82) is 0 Å². The lowest BCUT2D eigenvalue weighted by atomic mass is 10.3. The summed E-state index contributed by atoms with van der Waals surface area (Å²) in [6, 6.07) is 2.03. The van der Waals surface area contributed by atoms with Crippen LogP contribution >= 0.6 is 15.9 Å². The Kier molecular flexibility index (Phi) is 5.11. The molecule has 0 saturated heterocycles. The molecule has 8 heteroatoms. The second-order valence-electron chi connectivity index (χ2n) is 3.89. The largest absolute Gasteiger partial charge is 0.480 e. The number of nitrogens with zero attached hydrogens (tertiary/aromatic N) is 1. The van der Waals surface area contributed by atoms with Gasteiger partial charge in [0.05, 0.1) is 6.54 Å². The van der Waals surface area contributed by atoms with Gasteiger partial charge in [-0.3, -0.25) is 14.4 Å². The molecule has 1 heterocycles. The molecule has 0 saturated carbocycles. The lowest BCUT2D eigenvalue weighted by Crippen LogP contribution is -2.44. The van der Waals surface area contributed by atoms with Gasteiger partial charge in [0.25, 0.3) is 5.91 Å². The normalized spacial score (nSPS) is 11.7. The molecule has 19 heavy (non-hydrogen) atoms. The molecule has 2 amide bonds. The Labute approximate surface area is 117 Å². The zero-order valence-electron chi connectivity index (χ0n) is 10.3. The lowest BCUT2D eigenvalue weighted by Gasteiger charge is -2.16. The number of nitrogens with one attached hydrogen (secondary N) is 1. The van der Waals surface area contributed by atoms with Gasteiger partial charge in [-0.1, -0.05) is 0 Å². The number of carboxylic acid groups (broad SMARTS) is 1. The van der Waals surface area contributed by atoms with E-state index in [0.717, 1.165) is 4.90 Å². The standard InChI is InChI=1S/C11H13BrN2O5/c1-6(11(17)18)13-9(15)5-14(2)10(16)7-3-4-8(12)19-7/h3-4,6H,5H2,1-2H3,(H,13,15)(H,17,18)/t6-/m1/s1. The van der Waals surface area contributed by atoms with E-state index in [1.165, 1.54) is 20.0 Å². The third-order valence-electron chi connectivity index (χ3n) is 2.26. The monoisotopic (exact) mass is 332 g/mol. The van der Waals surface area contributed by atoms with Crippen molar-refractivity contribution in [3.8, 4) is 0 Å². The van der Waals surface area contributed by atoms with E-state index in [1.807, 2.05) is 0 Å². The summed E-state index contributed by atoms with van der Waals surface area (Å²) in [6.45, 7) is 1.08. The number of amides is 2. The number of carbonyl (C=O) groups excluding carboxylic acids is 2. The van der Waals surface area contributed by atoms with Gasteiger partial charge in [0.2, 0.25) is 5.91 Å². The van der Waals surface area contributed by atoms with Crippen molar-refractivity contribution in [3.05, 3.63) is 22.6 Å². The molecule has 104 valence electrons. The van der Waals surface area contributed by atoms with Crippen molar-refractivity contribution in [1.82, 2.24) is 10.2 Å². The minimum Gasteiger partial charge on any atom is -0.480 e. The van der Waals surface area contributed by atoms with Gasteiger partial charge in [-0.05, 0) is 35.0 Å². The molecule has 0 spiro atoms. The highest BCUT2D eigenvalue weighted by atomic mass is 79.9. The fraction of sp³-hybridized carbons (Fsp3) is 0.364. The van der Waals surface area contributed by atoms with E-state index >= 15 is 0 Å². The highest BCUT2D eigenvalue weighted by Gasteiger charge is 2.20. The first kappa shape index (κ1) is 15.2. The predicted molar refractivity (Wildman–Crippen MR) is 68.6 cm³/mol. The van der Waals surface area contributed by atoms with Crippen LogP contribution in [0.25, 0.3) is 0 Å². The Morgan fingerprint density at radius 1 is 1.47 bits per heavy atom. The first-order valence-corrected chi connectivity index (χ1v) is 6.13. The summed E-state index contributed by atoms with van der Waals surface area (Å²) in [5.41, 5.74) is 0. The van der Waals surface area contributed by atoms with Crippen LogP contribution in [0, 0.1) is 0 Å². The fourth-order valence-electron chi connectivity index (χ4n) is 1.25. The van der Waals surface area contributed by atoms with Gasteiger partial charge in [-0.15, -0.1) is 0 Å². The molecule has 0 aliphatic rings. The second kappa shape index (κ2) is 6.37. The van der Waals surface area contributed by atoms with Gasteiger partial charge < -0.3 is 19.7 Å². The van der Waals surface area contributed by atoms with Crippen molar-refractivity contribution >= 4 is 33.7 Å². The zero-order chi connectivity index (χ0) is 14.6. The van der Waals surface area contributed by atoms with E-state index in [0.29, 0.717) is 4.67 Å². The zero-order valence-corrected chi connectivity index (χ0v) is 11.9. The quantitative estimate of drug-likeness (QED) is 0.826. The fourth-order valence-corrected chi connectivity index (χ4v) is 1.56. The van der Waals surface area contributed by atoms with Gasteiger partial charge in [0, 0.05) is 7.05 Å². The molecule has 7 nitrogen and oxygen atoms in total. The third kappa shape index (κ3) is 4.40. The van der Waals surface area contributed by atoms with Gasteiger partial charge in [0.15, 0.2) is 10.4 Å². The molecule has 0 bridgehead atoms. The number of carbonyl (C=O) groups is 3. The number of hydrogen-bond acceptors (Lipinski definition) is 4. The first-order valence-electron chi connectivity index (χ1n) is 5.34. The molecule has 2 N–H and O–H groups in total. The minimum absolute atomic E-state index is 0.0912. The Morgan fingerprint density at radius 3 is 2.58 bits per heavy atom. The van der Waals surface area contributed by atoms with Crippen molar-refractivity contribution in [3.63, 3.8) is 0 Å². The number of likely N-dealkylation sites (N-methyl/N-ethyl adjacent to an activating group) is 1. The van der Waals surface area contributed by atoms with E-state index in [2.05, 4.69) is 21.2 Å². The Morgan fingerprint density at radius 2 is 2.11 bits per heavy atom. The maximum absolute atomic E-state index is 11.8. The van der Waals surface area contributed by atoms with Gasteiger partial charge >= 0.3 is 5.97 Å². The van der Waals surface area contributed by atoms with Crippen LogP contribution in [0.4, 0.5) is 0 Å². The van der Waals surface area contributed by atoms with E-state index in [4.69, 9.17) is 9.52 Å². The van der Waals surface area contributed by atoms with Crippen LogP contribution in [0.2, 0.25) is 0 Å². The van der Waals surface area contributed by atoms with Crippen LogP contribution in [-0.2, 0) is 9.59 Å². The van der Waals surface area contributed by atoms with Gasteiger partial charge in [-0.25, -0.2) is 0 Å². The van der Waals surface area contributed by atoms with Crippen LogP contribution < -0.4 is 5.32 Å². The summed E-state index contributed by atoms with van der Waals surface area (Å²) in [5, 5.41) is 10.9. The molecular formula is C11H13BrN2O5. The lowest BCUT2D eigenvalue weighted by molar-refractivity contribution is -0.141. The Hall–Kier alpha value is -1.83. The Balaban J connectivity index is 2.55. The molecule has 0 aliphatic carbocycles. The molecule has 0 unspecified atom stereocenters. The van der Waals surface area contributed by atoms with Crippen molar-refractivity contribution in [2.24, 2.45) is 0 Å². The van der Waals surface area contributed by atoms with Crippen molar-refractivity contribution < 1.29 is 23.9 Å². The van der Waals surface area contributed by atoms with E-state index in [1.54, 1.807) is 6.07 Å². The van der Waals surface area contributed by atoms with Gasteiger partial charge in [-0.2, -0.15) is 0 Å². The summed E-state index contributed by atoms with van der Waals surface area (Å²) < 4.78 is 5.48. The minimum atomic E-state index is -1.14. The summed E-state index contributed by atoms with van der Waals surface area (Å²) in [6.07, 6.45) is 0. The molecule has 0 aliphatic heterocycles. The van der Waals surface area contributed by atoms with Gasteiger partial charge in [0.1, 0.15) is 6.04 Å². The molecule has 0 aromatic carbocycles. The topological polar surface area (TPSA) is 99.9 Å². The first-order chi connectivity index (χ1) is 8.81. The number of rotatable bonds is 5. The van der Waals surface area contributed by atoms with Crippen molar-refractivity contribution in [2.75, 3.05) is 13.6 Å². The van der Waals surface area contributed by atoms with Crippen LogP contribution in [0.15, 0.2) is 21.2 Å². The van der Waals surface area contributed by atoms with Crippen LogP contribution in [0.1, 0.15) is 17.5 Å². The summed E-state index contributed by atoms with van der Waals surface area (Å²) >= 11 is 3.07. The number of aliphatic carboxylic acids is 1. The number of furan rings is 1. The van der Waals surface area contributed by atoms with Crippen molar-refractivity contribution in [2.45, 2.75) is 13.0 Å². The average Bonchev–Trinajstić information content (AvgIpc) is 2.74. The molecule has 1 atom stereocenters. The second-order valence-corrected chi connectivity index (χ2v) is 4.67. The Bertz CT molecular complexity index is 499. The molecule has 1 aromatic rings. The van der Waals surface area contributed by atoms with E-state index in [-0.39, 0.29) is 12.3 Å². The summed E-state index contributed by atoms with van der Waals surface area (Å²) in [5.74, 6) is -2.08. The third-order valence-corrected chi connectivity index (χ3v) is 2.69. The van der Waals surface area contributed by atoms with Crippen LogP contribution in [0.5, 0.6) is 0 Å². The molecule has 1 rings (SSSR count). The number of hydrogen-bond donors (Lipinski definition) is 2. The number of carboxylic acids is 1. The molecular weight excluding hydrogens is 320 g/mol. The molecule has 0 fully saturated rings. The van der Waals surface area contributed by atoms with Crippen LogP contribution in [-0.4, -0.2) is 47.4 Å². The summed E-state index contributed by atoms with van der Waals surface area (Å²) in [7, 11) is 1.42. The summed E-state index contributed by atoms with van der Waals surface area (Å²) in [4.78, 5) is 35.0. The van der Waals surface area contributed by atoms with Crippen LogP contribution in [0.3, 0.4) is 0 Å². The van der Waals surface area contributed by atoms with E-state index in [9.17, 15) is 14.4 Å². The maximum Gasteiger partial charge on any atom is 0.325 e. The predicted octanol–water partition coefficient (Wildman–Crippen LogP) is 0.703. The smallest absolute Gasteiger partial charge is 0.325 e. The molecule has 0 radical (unpaired) electrons. The molecule has 1 aromatic heterocycles. The number of halogens is 1. The average molecular weight is 333 g/mol. The highest BCUT2D eigenvalue weighted by Crippen LogP contribution is 2.15. The SMILES string of the molecule is C[C@@H](NC(=O)CN(C)C(=O)c1ccc(Br)o1)C(=O)O.